The smallest absolute Gasteiger partial charge is 0.225 e. The minimum atomic E-state index is 0.149. The van der Waals surface area contributed by atoms with Gasteiger partial charge in [-0.2, -0.15) is 0 Å². The Morgan fingerprint density at radius 3 is 2.95 bits per heavy atom. The van der Waals surface area contributed by atoms with Crippen molar-refractivity contribution in [1.29, 1.82) is 0 Å². The zero-order chi connectivity index (χ0) is 15.1. The van der Waals surface area contributed by atoms with E-state index in [1.165, 1.54) is 4.88 Å². The number of ether oxygens (including phenoxy) is 1. The van der Waals surface area contributed by atoms with Crippen LogP contribution in [0.2, 0.25) is 0 Å². The molecule has 5 nitrogen and oxygen atoms in total. The van der Waals surface area contributed by atoms with Gasteiger partial charge in [0.05, 0.1) is 29.8 Å². The Labute approximate surface area is 135 Å². The molecule has 120 valence electrons. The van der Waals surface area contributed by atoms with Crippen LogP contribution in [-0.4, -0.2) is 59.1 Å². The summed E-state index contributed by atoms with van der Waals surface area (Å²) < 4.78 is 6.15. The van der Waals surface area contributed by atoms with Crippen LogP contribution < -0.4 is 0 Å². The van der Waals surface area contributed by atoms with Crippen LogP contribution in [-0.2, 0) is 16.1 Å². The topological polar surface area (TPSA) is 45.7 Å². The van der Waals surface area contributed by atoms with Crippen molar-refractivity contribution in [3.63, 3.8) is 0 Å². The van der Waals surface area contributed by atoms with Crippen LogP contribution in [0.15, 0.2) is 5.51 Å². The second kappa shape index (κ2) is 5.91. The second-order valence-corrected chi connectivity index (χ2v) is 7.73. The lowest BCUT2D eigenvalue weighted by molar-refractivity contribution is -0.137. The molecule has 1 aromatic heterocycles. The molecule has 0 radical (unpaired) electrons. The van der Waals surface area contributed by atoms with Crippen molar-refractivity contribution >= 4 is 17.2 Å². The number of carbonyl (C=O) groups is 1. The summed E-state index contributed by atoms with van der Waals surface area (Å²) >= 11 is 1.74. The molecule has 0 aromatic carbocycles. The van der Waals surface area contributed by atoms with Crippen LogP contribution in [0.3, 0.4) is 0 Å². The molecule has 4 rings (SSSR count). The third kappa shape index (κ3) is 2.79. The Kier molecular flexibility index (Phi) is 3.92. The van der Waals surface area contributed by atoms with Gasteiger partial charge in [0.25, 0.3) is 0 Å². The Balaban J connectivity index is 1.27. The van der Waals surface area contributed by atoms with E-state index < -0.39 is 0 Å². The monoisotopic (exact) mass is 321 g/mol. The SMILES string of the molecule is Cc1ncsc1CN1C[C@@H]2C[C@H](CC(=O)N3CCC3)O[C@@H]2C1. The van der Waals surface area contributed by atoms with Gasteiger partial charge in [-0.25, -0.2) is 4.98 Å². The molecule has 22 heavy (non-hydrogen) atoms. The van der Waals surface area contributed by atoms with Gasteiger partial charge >= 0.3 is 0 Å². The van der Waals surface area contributed by atoms with Gasteiger partial charge in [0.15, 0.2) is 0 Å². The van der Waals surface area contributed by atoms with Crippen molar-refractivity contribution in [2.24, 2.45) is 5.92 Å². The van der Waals surface area contributed by atoms with Crippen molar-refractivity contribution in [1.82, 2.24) is 14.8 Å². The average molecular weight is 321 g/mol. The summed E-state index contributed by atoms with van der Waals surface area (Å²) in [6.07, 6.45) is 3.26. The molecular formula is C16H23N3O2S. The Bertz CT molecular complexity index is 543. The lowest BCUT2D eigenvalue weighted by Crippen LogP contribution is -2.43. The first kappa shape index (κ1) is 14.6. The van der Waals surface area contributed by atoms with Gasteiger partial charge in [0.1, 0.15) is 0 Å². The summed E-state index contributed by atoms with van der Waals surface area (Å²) in [4.78, 5) is 22.2. The number of aryl methyl sites for hydroxylation is 1. The highest BCUT2D eigenvalue weighted by molar-refractivity contribution is 7.09. The fourth-order valence-electron chi connectivity index (χ4n) is 3.78. The first-order chi connectivity index (χ1) is 10.7. The van der Waals surface area contributed by atoms with Gasteiger partial charge in [-0.15, -0.1) is 11.3 Å². The van der Waals surface area contributed by atoms with Crippen LogP contribution in [0.25, 0.3) is 0 Å². The van der Waals surface area contributed by atoms with E-state index in [9.17, 15) is 4.79 Å². The molecule has 0 bridgehead atoms. The number of thiazole rings is 1. The summed E-state index contributed by atoms with van der Waals surface area (Å²) in [5.74, 6) is 0.885. The van der Waals surface area contributed by atoms with Crippen molar-refractivity contribution in [2.45, 2.75) is 44.9 Å². The maximum Gasteiger partial charge on any atom is 0.225 e. The summed E-state index contributed by atoms with van der Waals surface area (Å²) in [7, 11) is 0. The summed E-state index contributed by atoms with van der Waals surface area (Å²) in [5.41, 5.74) is 3.08. The zero-order valence-corrected chi connectivity index (χ0v) is 13.8. The number of nitrogens with zero attached hydrogens (tertiary/aromatic N) is 3. The molecule has 3 aliphatic rings. The molecule has 1 amide bonds. The number of rotatable bonds is 4. The Hall–Kier alpha value is -0.980. The molecule has 3 aliphatic heterocycles. The van der Waals surface area contributed by atoms with Gasteiger partial charge in [-0.05, 0) is 19.8 Å². The molecular weight excluding hydrogens is 298 g/mol. The van der Waals surface area contributed by atoms with Gasteiger partial charge in [0, 0.05) is 43.5 Å². The Morgan fingerprint density at radius 1 is 1.45 bits per heavy atom. The molecule has 0 aliphatic carbocycles. The molecule has 6 heteroatoms. The predicted molar refractivity (Wildman–Crippen MR) is 84.7 cm³/mol. The lowest BCUT2D eigenvalue weighted by atomic mass is 10.0. The number of likely N-dealkylation sites (tertiary alicyclic amines) is 2. The maximum atomic E-state index is 12.0. The highest BCUT2D eigenvalue weighted by atomic mass is 32.1. The van der Waals surface area contributed by atoms with Crippen LogP contribution >= 0.6 is 11.3 Å². The van der Waals surface area contributed by atoms with E-state index in [1.807, 2.05) is 10.4 Å². The van der Waals surface area contributed by atoms with Gasteiger partial charge in [0.2, 0.25) is 5.91 Å². The number of hydrogen-bond donors (Lipinski definition) is 0. The first-order valence-corrected chi connectivity index (χ1v) is 9.11. The van der Waals surface area contributed by atoms with Gasteiger partial charge in [-0.1, -0.05) is 0 Å². The number of fused-ring (bicyclic) bond motifs is 1. The van der Waals surface area contributed by atoms with E-state index >= 15 is 0 Å². The summed E-state index contributed by atoms with van der Waals surface area (Å²) in [6.45, 7) is 7.05. The quantitative estimate of drug-likeness (QED) is 0.846. The third-order valence-electron chi connectivity index (χ3n) is 5.21. The lowest BCUT2D eigenvalue weighted by Gasteiger charge is -2.31. The molecule has 0 saturated carbocycles. The number of hydrogen-bond acceptors (Lipinski definition) is 5. The highest BCUT2D eigenvalue weighted by Crippen LogP contribution is 2.35. The first-order valence-electron chi connectivity index (χ1n) is 8.23. The van der Waals surface area contributed by atoms with Crippen LogP contribution in [0.4, 0.5) is 0 Å². The zero-order valence-electron chi connectivity index (χ0n) is 13.0. The molecule has 4 heterocycles. The van der Waals surface area contributed by atoms with E-state index in [1.54, 1.807) is 11.3 Å². The standard InChI is InChI=1S/C16H23N3O2S/c1-11-15(22-10-17-11)9-18-7-12-5-13(21-14(12)8-18)6-16(20)19-3-2-4-19/h10,12-14H,2-9H2,1H3/t12-,13+,14+/m0/s1. The van der Waals surface area contributed by atoms with Gasteiger partial charge < -0.3 is 9.64 Å². The summed E-state index contributed by atoms with van der Waals surface area (Å²) in [6, 6.07) is 0. The van der Waals surface area contributed by atoms with Crippen LogP contribution in [0.5, 0.6) is 0 Å². The fourth-order valence-corrected chi connectivity index (χ4v) is 4.60. The largest absolute Gasteiger partial charge is 0.373 e. The molecule has 0 N–H and O–H groups in total. The predicted octanol–water partition coefficient (Wildman–Crippen LogP) is 1.66. The molecule has 1 aromatic rings. The number of amides is 1. The van der Waals surface area contributed by atoms with E-state index in [0.29, 0.717) is 18.4 Å². The minimum absolute atomic E-state index is 0.149. The molecule has 3 saturated heterocycles. The average Bonchev–Trinajstić information content (AvgIpc) is 3.03. The maximum absolute atomic E-state index is 12.0. The van der Waals surface area contributed by atoms with E-state index in [-0.39, 0.29) is 12.0 Å². The molecule has 3 atom stereocenters. The molecule has 0 spiro atoms. The number of aromatic nitrogens is 1. The van der Waals surface area contributed by atoms with E-state index in [4.69, 9.17) is 4.74 Å². The molecule has 3 fully saturated rings. The Morgan fingerprint density at radius 2 is 2.32 bits per heavy atom. The van der Waals surface area contributed by atoms with Crippen molar-refractivity contribution < 1.29 is 9.53 Å². The fraction of sp³-hybridized carbons (Fsp3) is 0.750. The summed E-state index contributed by atoms with van der Waals surface area (Å²) in [5, 5.41) is 0. The van der Waals surface area contributed by atoms with Crippen LogP contribution in [0.1, 0.15) is 29.8 Å². The van der Waals surface area contributed by atoms with Gasteiger partial charge in [-0.3, -0.25) is 9.69 Å². The highest BCUT2D eigenvalue weighted by Gasteiger charge is 2.42. The van der Waals surface area contributed by atoms with Crippen molar-refractivity contribution in [3.05, 3.63) is 16.1 Å². The third-order valence-corrected chi connectivity index (χ3v) is 6.13. The van der Waals surface area contributed by atoms with E-state index in [0.717, 1.165) is 51.3 Å². The number of carbonyl (C=O) groups excluding carboxylic acids is 1. The minimum Gasteiger partial charge on any atom is -0.373 e. The second-order valence-electron chi connectivity index (χ2n) is 6.79. The normalized spacial score (nSPS) is 31.3. The molecule has 0 unspecified atom stereocenters. The van der Waals surface area contributed by atoms with Crippen molar-refractivity contribution in [2.75, 3.05) is 26.2 Å². The van der Waals surface area contributed by atoms with E-state index in [2.05, 4.69) is 16.8 Å². The van der Waals surface area contributed by atoms with Crippen LogP contribution in [0, 0.1) is 12.8 Å². The van der Waals surface area contributed by atoms with Crippen molar-refractivity contribution in [3.8, 4) is 0 Å².